The Kier molecular flexibility index (Phi) is 4.15. The fraction of sp³-hybridized carbons (Fsp3) is 0.400. The quantitative estimate of drug-likeness (QED) is 0.875. The molecule has 0 aliphatic carbocycles. The molecule has 0 spiro atoms. The first-order chi connectivity index (χ1) is 8.69. The molecule has 2 aromatic rings. The van der Waals surface area contributed by atoms with Crippen molar-refractivity contribution in [2.24, 2.45) is 7.05 Å². The van der Waals surface area contributed by atoms with Gasteiger partial charge in [0.2, 0.25) is 0 Å². The maximum Gasteiger partial charge on any atom is 0.0568 e. The molecule has 0 amide bonds. The van der Waals surface area contributed by atoms with E-state index in [0.29, 0.717) is 6.04 Å². The van der Waals surface area contributed by atoms with Gasteiger partial charge in [0.05, 0.1) is 6.20 Å². The lowest BCUT2D eigenvalue weighted by atomic mass is 10.0. The van der Waals surface area contributed by atoms with Crippen molar-refractivity contribution in [2.75, 3.05) is 6.54 Å². The van der Waals surface area contributed by atoms with Crippen molar-refractivity contribution >= 4 is 0 Å². The summed E-state index contributed by atoms with van der Waals surface area (Å²) in [7, 11) is 1.94. The molecule has 96 valence electrons. The van der Waals surface area contributed by atoms with E-state index in [1.807, 2.05) is 24.1 Å². The van der Waals surface area contributed by atoms with Crippen molar-refractivity contribution in [3.8, 4) is 11.1 Å². The lowest BCUT2D eigenvalue weighted by Crippen LogP contribution is -2.27. The Hall–Kier alpha value is -1.61. The third-order valence-electron chi connectivity index (χ3n) is 3.09. The summed E-state index contributed by atoms with van der Waals surface area (Å²) in [5.74, 6) is 0. The van der Waals surface area contributed by atoms with Gasteiger partial charge in [-0.25, -0.2) is 0 Å². The molecule has 1 N–H and O–H groups in total. The van der Waals surface area contributed by atoms with Crippen LogP contribution in [0, 0.1) is 0 Å². The van der Waals surface area contributed by atoms with Crippen LogP contribution in [0.4, 0.5) is 0 Å². The van der Waals surface area contributed by atoms with E-state index in [2.05, 4.69) is 48.5 Å². The molecule has 0 aliphatic heterocycles. The number of benzene rings is 1. The van der Waals surface area contributed by atoms with Crippen LogP contribution in [-0.2, 0) is 13.5 Å². The van der Waals surface area contributed by atoms with Gasteiger partial charge in [0.15, 0.2) is 0 Å². The minimum atomic E-state index is 0.527. The molecule has 0 saturated carbocycles. The second-order valence-corrected chi connectivity index (χ2v) is 4.76. The number of nitrogens with zero attached hydrogens (tertiary/aromatic N) is 2. The Morgan fingerprint density at radius 2 is 1.94 bits per heavy atom. The number of aromatic nitrogens is 2. The summed E-state index contributed by atoms with van der Waals surface area (Å²) in [6.07, 6.45) is 5.01. The molecule has 1 unspecified atom stereocenters. The molecule has 3 nitrogen and oxygen atoms in total. The summed E-state index contributed by atoms with van der Waals surface area (Å²) in [4.78, 5) is 0. The highest BCUT2D eigenvalue weighted by Gasteiger charge is 2.03. The van der Waals surface area contributed by atoms with Crippen LogP contribution >= 0.6 is 0 Å². The van der Waals surface area contributed by atoms with E-state index in [-0.39, 0.29) is 0 Å². The maximum atomic E-state index is 4.19. The van der Waals surface area contributed by atoms with E-state index in [4.69, 9.17) is 0 Å². The van der Waals surface area contributed by atoms with Gasteiger partial charge in [-0.2, -0.15) is 5.10 Å². The number of hydrogen-bond donors (Lipinski definition) is 1. The average molecular weight is 243 g/mol. The first kappa shape index (κ1) is 12.8. The largest absolute Gasteiger partial charge is 0.314 e. The zero-order valence-corrected chi connectivity index (χ0v) is 11.4. The number of aryl methyl sites for hydroxylation is 1. The van der Waals surface area contributed by atoms with Crippen LogP contribution in [0.5, 0.6) is 0 Å². The molecule has 18 heavy (non-hydrogen) atoms. The van der Waals surface area contributed by atoms with Crippen LogP contribution in [0.25, 0.3) is 11.1 Å². The van der Waals surface area contributed by atoms with E-state index in [1.165, 1.54) is 16.7 Å². The van der Waals surface area contributed by atoms with Crippen molar-refractivity contribution < 1.29 is 0 Å². The van der Waals surface area contributed by atoms with Crippen molar-refractivity contribution in [2.45, 2.75) is 26.3 Å². The Balaban J connectivity index is 2.06. The molecule has 0 saturated heterocycles. The van der Waals surface area contributed by atoms with Crippen LogP contribution < -0.4 is 5.32 Å². The monoisotopic (exact) mass is 243 g/mol. The first-order valence-corrected chi connectivity index (χ1v) is 6.50. The van der Waals surface area contributed by atoms with Crippen molar-refractivity contribution in [1.29, 1.82) is 0 Å². The highest BCUT2D eigenvalue weighted by Crippen LogP contribution is 2.19. The second-order valence-electron chi connectivity index (χ2n) is 4.76. The van der Waals surface area contributed by atoms with Gasteiger partial charge in [0, 0.05) is 24.8 Å². The average Bonchev–Trinajstić information content (AvgIpc) is 2.77. The smallest absolute Gasteiger partial charge is 0.0568 e. The SMILES string of the molecule is CCNC(C)Cc1ccc(-c2cnn(C)c2)cc1. The molecule has 0 radical (unpaired) electrons. The van der Waals surface area contributed by atoms with E-state index in [1.54, 1.807) is 0 Å². The number of nitrogens with one attached hydrogen (secondary N) is 1. The summed E-state index contributed by atoms with van der Waals surface area (Å²) >= 11 is 0. The van der Waals surface area contributed by atoms with Crippen molar-refractivity contribution in [3.05, 3.63) is 42.2 Å². The fourth-order valence-corrected chi connectivity index (χ4v) is 2.18. The lowest BCUT2D eigenvalue weighted by molar-refractivity contribution is 0.565. The van der Waals surface area contributed by atoms with Gasteiger partial charge >= 0.3 is 0 Å². The second kappa shape index (κ2) is 5.83. The lowest BCUT2D eigenvalue weighted by Gasteiger charge is -2.12. The van der Waals surface area contributed by atoms with Crippen molar-refractivity contribution in [1.82, 2.24) is 15.1 Å². The minimum Gasteiger partial charge on any atom is -0.314 e. The summed E-state index contributed by atoms with van der Waals surface area (Å²) in [6.45, 7) is 5.38. The molecule has 2 rings (SSSR count). The Morgan fingerprint density at radius 3 is 2.50 bits per heavy atom. The van der Waals surface area contributed by atoms with E-state index in [9.17, 15) is 0 Å². The van der Waals surface area contributed by atoms with Gasteiger partial charge in [0.1, 0.15) is 0 Å². The van der Waals surface area contributed by atoms with Crippen LogP contribution in [0.2, 0.25) is 0 Å². The standard InChI is InChI=1S/C15H21N3/c1-4-16-12(2)9-13-5-7-14(8-6-13)15-10-17-18(3)11-15/h5-8,10-12,16H,4,9H2,1-3H3. The van der Waals surface area contributed by atoms with Gasteiger partial charge in [-0.15, -0.1) is 0 Å². The summed E-state index contributed by atoms with van der Waals surface area (Å²) in [5, 5.41) is 7.63. The fourth-order valence-electron chi connectivity index (χ4n) is 2.18. The third-order valence-corrected chi connectivity index (χ3v) is 3.09. The topological polar surface area (TPSA) is 29.9 Å². The van der Waals surface area contributed by atoms with Crippen LogP contribution in [0.1, 0.15) is 19.4 Å². The van der Waals surface area contributed by atoms with Crippen LogP contribution in [0.3, 0.4) is 0 Å². The van der Waals surface area contributed by atoms with Crippen LogP contribution in [0.15, 0.2) is 36.7 Å². The normalized spacial score (nSPS) is 12.6. The molecule has 0 aliphatic rings. The summed E-state index contributed by atoms with van der Waals surface area (Å²) in [5.41, 5.74) is 3.77. The van der Waals surface area contributed by atoms with E-state index in [0.717, 1.165) is 13.0 Å². The highest BCUT2D eigenvalue weighted by molar-refractivity contribution is 5.61. The molecule has 1 heterocycles. The number of likely N-dealkylation sites (N-methyl/N-ethyl adjacent to an activating group) is 1. The minimum absolute atomic E-state index is 0.527. The summed E-state index contributed by atoms with van der Waals surface area (Å²) in [6, 6.07) is 9.28. The van der Waals surface area contributed by atoms with E-state index >= 15 is 0 Å². The first-order valence-electron chi connectivity index (χ1n) is 6.50. The molecular weight excluding hydrogens is 222 g/mol. The Morgan fingerprint density at radius 1 is 1.22 bits per heavy atom. The van der Waals surface area contributed by atoms with Gasteiger partial charge in [-0.3, -0.25) is 4.68 Å². The predicted molar refractivity (Wildman–Crippen MR) is 75.5 cm³/mol. The molecule has 0 fully saturated rings. The van der Waals surface area contributed by atoms with Gasteiger partial charge < -0.3 is 5.32 Å². The van der Waals surface area contributed by atoms with Crippen molar-refractivity contribution in [3.63, 3.8) is 0 Å². The zero-order valence-electron chi connectivity index (χ0n) is 11.4. The number of hydrogen-bond acceptors (Lipinski definition) is 2. The molecule has 1 atom stereocenters. The van der Waals surface area contributed by atoms with E-state index < -0.39 is 0 Å². The molecule has 3 heteroatoms. The molecular formula is C15H21N3. The zero-order chi connectivity index (χ0) is 13.0. The third kappa shape index (κ3) is 3.20. The molecule has 0 bridgehead atoms. The molecule has 1 aromatic carbocycles. The number of rotatable bonds is 5. The Labute approximate surface area is 109 Å². The van der Waals surface area contributed by atoms with Gasteiger partial charge in [0.25, 0.3) is 0 Å². The summed E-state index contributed by atoms with van der Waals surface area (Å²) < 4.78 is 1.83. The molecule has 1 aromatic heterocycles. The highest BCUT2D eigenvalue weighted by atomic mass is 15.2. The van der Waals surface area contributed by atoms with Gasteiger partial charge in [-0.1, -0.05) is 31.2 Å². The maximum absolute atomic E-state index is 4.19. The predicted octanol–water partition coefficient (Wildman–Crippen LogP) is 2.63. The van der Waals surface area contributed by atoms with Crippen LogP contribution in [-0.4, -0.2) is 22.4 Å². The van der Waals surface area contributed by atoms with Gasteiger partial charge in [-0.05, 0) is 31.0 Å². The Bertz CT molecular complexity index is 485.